The lowest BCUT2D eigenvalue weighted by molar-refractivity contribution is -0.854. The third-order valence-corrected chi connectivity index (χ3v) is 1.32. The average molecular weight is 141 g/mol. The molecule has 2 nitrogen and oxygen atoms in total. The molecule has 2 heteroatoms. The van der Waals surface area contributed by atoms with Crippen molar-refractivity contribution in [2.75, 3.05) is 20.1 Å². The van der Waals surface area contributed by atoms with Crippen LogP contribution in [-0.4, -0.2) is 24.8 Å². The first-order valence-corrected chi connectivity index (χ1v) is 3.40. The molecule has 0 aliphatic heterocycles. The Morgan fingerprint density at radius 1 is 1.40 bits per heavy atom. The summed E-state index contributed by atoms with van der Waals surface area (Å²) in [4.78, 5) is 0. The van der Waals surface area contributed by atoms with E-state index in [1.54, 1.807) is 19.2 Å². The highest BCUT2D eigenvalue weighted by Crippen LogP contribution is 2.00. The average Bonchev–Trinajstić information content (AvgIpc) is 1.84. The van der Waals surface area contributed by atoms with Crippen LogP contribution in [0.5, 0.6) is 0 Å². The van der Waals surface area contributed by atoms with Crippen LogP contribution in [0.3, 0.4) is 0 Å². The van der Waals surface area contributed by atoms with Crippen LogP contribution in [0.25, 0.3) is 0 Å². The fraction of sp³-hybridized carbons (Fsp3) is 0.500. The van der Waals surface area contributed by atoms with Gasteiger partial charge in [-0.2, -0.15) is 0 Å². The summed E-state index contributed by atoms with van der Waals surface area (Å²) in [5.41, 5.74) is 0. The van der Waals surface area contributed by atoms with Gasteiger partial charge in [-0.15, -0.1) is 6.58 Å². The molecule has 0 aliphatic carbocycles. The highest BCUT2D eigenvalue weighted by atomic mass is 16.5. The van der Waals surface area contributed by atoms with Crippen molar-refractivity contribution in [2.45, 2.75) is 6.42 Å². The highest BCUT2D eigenvalue weighted by molar-refractivity contribution is 4.69. The predicted molar refractivity (Wildman–Crippen MR) is 44.3 cm³/mol. The molecule has 58 valence electrons. The molecule has 10 heavy (non-hydrogen) atoms. The van der Waals surface area contributed by atoms with Gasteiger partial charge in [-0.3, -0.25) is 0 Å². The van der Waals surface area contributed by atoms with Crippen molar-refractivity contribution < 1.29 is 4.65 Å². The van der Waals surface area contributed by atoms with Gasteiger partial charge in [0, 0.05) is 6.42 Å². The Bertz CT molecular complexity index is 118. The van der Waals surface area contributed by atoms with E-state index in [2.05, 4.69) is 13.2 Å². The number of hydrogen-bond acceptors (Lipinski definition) is 1. The highest BCUT2D eigenvalue weighted by Gasteiger charge is 2.03. The van der Waals surface area contributed by atoms with Crippen molar-refractivity contribution in [3.05, 3.63) is 30.5 Å². The normalized spacial score (nSPS) is 15.8. The molecule has 0 saturated carbocycles. The fourth-order valence-electron chi connectivity index (χ4n) is 0.729. The van der Waals surface area contributed by atoms with Gasteiger partial charge in [0.1, 0.15) is 0 Å². The first kappa shape index (κ1) is 9.40. The van der Waals surface area contributed by atoms with E-state index in [0.717, 1.165) is 6.42 Å². The molecule has 0 fully saturated rings. The summed E-state index contributed by atoms with van der Waals surface area (Å²) in [5, 5.41) is 11.3. The van der Waals surface area contributed by atoms with Crippen LogP contribution in [0.1, 0.15) is 6.42 Å². The van der Waals surface area contributed by atoms with Gasteiger partial charge in [0.25, 0.3) is 0 Å². The number of hydrogen-bond donors (Lipinski definition) is 0. The molecule has 0 aromatic heterocycles. The van der Waals surface area contributed by atoms with Gasteiger partial charge in [0.15, 0.2) is 0 Å². The summed E-state index contributed by atoms with van der Waals surface area (Å²) in [5.74, 6) is 0. The molecule has 0 saturated heterocycles. The summed E-state index contributed by atoms with van der Waals surface area (Å²) in [6.07, 6.45) is 4.18. The molecular weight excluding hydrogens is 126 g/mol. The number of nitrogens with zero attached hydrogens (tertiary/aromatic N) is 1. The van der Waals surface area contributed by atoms with Gasteiger partial charge in [0.05, 0.1) is 20.1 Å². The van der Waals surface area contributed by atoms with Crippen LogP contribution < -0.4 is 0 Å². The number of quaternary nitrogens is 1. The lowest BCUT2D eigenvalue weighted by Gasteiger charge is -2.37. The second-order valence-corrected chi connectivity index (χ2v) is 2.57. The second-order valence-electron chi connectivity index (χ2n) is 2.57. The molecular formula is C8H15NO. The van der Waals surface area contributed by atoms with Gasteiger partial charge < -0.3 is 9.85 Å². The van der Waals surface area contributed by atoms with Crippen molar-refractivity contribution >= 4 is 0 Å². The standard InChI is InChI=1S/C8H15NO/c1-4-6-8-9(3,10)7-5-2/h4-5H,1-2,6-8H2,3H3. The van der Waals surface area contributed by atoms with Crippen molar-refractivity contribution in [1.29, 1.82) is 0 Å². The minimum absolute atomic E-state index is 0.241. The van der Waals surface area contributed by atoms with E-state index in [9.17, 15) is 5.21 Å². The summed E-state index contributed by atoms with van der Waals surface area (Å²) in [6, 6.07) is 0. The maximum atomic E-state index is 11.3. The zero-order valence-corrected chi connectivity index (χ0v) is 6.55. The molecule has 0 spiro atoms. The van der Waals surface area contributed by atoms with E-state index in [4.69, 9.17) is 0 Å². The maximum Gasteiger partial charge on any atom is 0.0966 e. The topological polar surface area (TPSA) is 23.1 Å². The van der Waals surface area contributed by atoms with E-state index in [-0.39, 0.29) is 4.65 Å². The predicted octanol–water partition coefficient (Wildman–Crippen LogP) is 1.69. The van der Waals surface area contributed by atoms with Gasteiger partial charge >= 0.3 is 0 Å². The molecule has 0 bridgehead atoms. The fourth-order valence-corrected chi connectivity index (χ4v) is 0.729. The van der Waals surface area contributed by atoms with Gasteiger partial charge in [-0.25, -0.2) is 0 Å². The molecule has 0 aromatic rings. The largest absolute Gasteiger partial charge is 0.633 e. The van der Waals surface area contributed by atoms with E-state index >= 15 is 0 Å². The molecule has 0 aliphatic rings. The Balaban J connectivity index is 3.61. The van der Waals surface area contributed by atoms with Crippen molar-refractivity contribution in [2.24, 2.45) is 0 Å². The van der Waals surface area contributed by atoms with Crippen molar-refractivity contribution in [3.8, 4) is 0 Å². The van der Waals surface area contributed by atoms with E-state index in [1.807, 2.05) is 0 Å². The molecule has 1 atom stereocenters. The molecule has 0 rings (SSSR count). The first-order valence-electron chi connectivity index (χ1n) is 3.40. The Morgan fingerprint density at radius 2 is 2.00 bits per heavy atom. The van der Waals surface area contributed by atoms with E-state index in [1.165, 1.54) is 0 Å². The summed E-state index contributed by atoms with van der Waals surface area (Å²) in [7, 11) is 1.64. The lowest BCUT2D eigenvalue weighted by atomic mass is 10.4. The minimum Gasteiger partial charge on any atom is -0.633 e. The first-order chi connectivity index (χ1) is 4.62. The van der Waals surface area contributed by atoms with Gasteiger partial charge in [0.2, 0.25) is 0 Å². The zero-order valence-electron chi connectivity index (χ0n) is 6.55. The van der Waals surface area contributed by atoms with Gasteiger partial charge in [-0.1, -0.05) is 12.7 Å². The van der Waals surface area contributed by atoms with Gasteiger partial charge in [-0.05, 0) is 6.08 Å². The van der Waals surface area contributed by atoms with Crippen LogP contribution in [0.4, 0.5) is 0 Å². The van der Waals surface area contributed by atoms with Crippen molar-refractivity contribution in [1.82, 2.24) is 0 Å². The number of hydroxylamine groups is 3. The number of likely N-dealkylation sites (N-methyl/N-ethyl adjacent to an activating group) is 1. The summed E-state index contributed by atoms with van der Waals surface area (Å²) < 4.78 is -0.241. The van der Waals surface area contributed by atoms with Crippen LogP contribution in [0.15, 0.2) is 25.3 Å². The number of rotatable bonds is 5. The SMILES string of the molecule is C=CCC[N+](C)([O-])CC=C. The Morgan fingerprint density at radius 3 is 2.40 bits per heavy atom. The molecule has 1 unspecified atom stereocenters. The quantitative estimate of drug-likeness (QED) is 0.324. The van der Waals surface area contributed by atoms with Crippen LogP contribution in [-0.2, 0) is 0 Å². The Kier molecular flexibility index (Phi) is 4.00. The molecule has 0 N–H and O–H groups in total. The molecule has 0 radical (unpaired) electrons. The van der Waals surface area contributed by atoms with E-state index in [0.29, 0.717) is 13.1 Å². The smallest absolute Gasteiger partial charge is 0.0966 e. The zero-order chi connectivity index (χ0) is 8.04. The Hall–Kier alpha value is -0.600. The summed E-state index contributed by atoms with van der Waals surface area (Å²) >= 11 is 0. The molecule has 0 heterocycles. The maximum absolute atomic E-state index is 11.3. The van der Waals surface area contributed by atoms with Crippen LogP contribution in [0, 0.1) is 5.21 Å². The van der Waals surface area contributed by atoms with Crippen LogP contribution >= 0.6 is 0 Å². The van der Waals surface area contributed by atoms with Crippen molar-refractivity contribution in [3.63, 3.8) is 0 Å². The minimum atomic E-state index is -0.241. The third-order valence-electron chi connectivity index (χ3n) is 1.32. The molecule has 0 amide bonds. The lowest BCUT2D eigenvalue weighted by Crippen LogP contribution is -2.38. The van der Waals surface area contributed by atoms with Crippen LogP contribution in [0.2, 0.25) is 0 Å². The van der Waals surface area contributed by atoms with E-state index < -0.39 is 0 Å². The third kappa shape index (κ3) is 4.30. The monoisotopic (exact) mass is 141 g/mol. The Labute approximate surface area is 62.6 Å². The summed E-state index contributed by atoms with van der Waals surface area (Å²) in [6.45, 7) is 8.13. The second kappa shape index (κ2) is 4.25. The molecule has 0 aromatic carbocycles.